The summed E-state index contributed by atoms with van der Waals surface area (Å²) in [7, 11) is 0. The van der Waals surface area contributed by atoms with E-state index in [2.05, 4.69) is 5.32 Å². The molecule has 0 aromatic heterocycles. The van der Waals surface area contributed by atoms with Crippen LogP contribution < -0.4 is 5.32 Å². The van der Waals surface area contributed by atoms with Gasteiger partial charge >= 0.3 is 5.97 Å². The van der Waals surface area contributed by atoms with Crippen LogP contribution in [0, 0.1) is 0 Å². The molecular formula is C7H15NO3. The van der Waals surface area contributed by atoms with Gasteiger partial charge < -0.3 is 15.2 Å². The van der Waals surface area contributed by atoms with Crippen LogP contribution in [0.25, 0.3) is 0 Å². The molecule has 0 aromatic carbocycles. The summed E-state index contributed by atoms with van der Waals surface area (Å²) in [6.07, 6.45) is 0. The molecule has 2 N–H and O–H groups in total. The first-order valence-electron chi connectivity index (χ1n) is 3.84. The van der Waals surface area contributed by atoms with Gasteiger partial charge in [-0.3, -0.25) is 4.79 Å². The molecule has 1 saturated heterocycles. The summed E-state index contributed by atoms with van der Waals surface area (Å²) in [5, 5.41) is 11.2. The average molecular weight is 161 g/mol. The molecule has 11 heavy (non-hydrogen) atoms. The molecule has 1 unspecified atom stereocenters. The van der Waals surface area contributed by atoms with Crippen LogP contribution in [-0.2, 0) is 9.53 Å². The number of carbonyl (C=O) groups is 1. The van der Waals surface area contributed by atoms with E-state index >= 15 is 0 Å². The molecule has 1 fully saturated rings. The van der Waals surface area contributed by atoms with Crippen molar-refractivity contribution in [1.29, 1.82) is 0 Å². The van der Waals surface area contributed by atoms with Crippen molar-refractivity contribution in [3.05, 3.63) is 0 Å². The van der Waals surface area contributed by atoms with Crippen LogP contribution in [0.2, 0.25) is 0 Å². The lowest BCUT2D eigenvalue weighted by Crippen LogP contribution is -2.46. The third-order valence-electron chi connectivity index (χ3n) is 1.22. The van der Waals surface area contributed by atoms with Crippen LogP contribution in [0.1, 0.15) is 13.8 Å². The first kappa shape index (κ1) is 10.4. The summed E-state index contributed by atoms with van der Waals surface area (Å²) in [6, 6.07) is -0.501. The number of nitrogens with one attached hydrogen (secondary N) is 1. The summed E-state index contributed by atoms with van der Waals surface area (Å²) < 4.78 is 4.90. The average Bonchev–Trinajstić information content (AvgIpc) is 2.10. The highest BCUT2D eigenvalue weighted by Crippen LogP contribution is 1.91. The van der Waals surface area contributed by atoms with Crippen molar-refractivity contribution in [3.63, 3.8) is 0 Å². The molecule has 0 spiro atoms. The van der Waals surface area contributed by atoms with Gasteiger partial charge in [-0.2, -0.15) is 0 Å². The van der Waals surface area contributed by atoms with E-state index in [1.165, 1.54) is 0 Å². The van der Waals surface area contributed by atoms with E-state index in [1.54, 1.807) is 0 Å². The predicted molar refractivity (Wildman–Crippen MR) is 41.6 cm³/mol. The van der Waals surface area contributed by atoms with Crippen molar-refractivity contribution in [2.24, 2.45) is 0 Å². The van der Waals surface area contributed by atoms with Gasteiger partial charge in [0, 0.05) is 6.54 Å². The van der Waals surface area contributed by atoms with E-state index in [4.69, 9.17) is 9.84 Å². The topological polar surface area (TPSA) is 58.6 Å². The van der Waals surface area contributed by atoms with Gasteiger partial charge in [0.05, 0.1) is 13.2 Å². The quantitative estimate of drug-likeness (QED) is 0.572. The number of morpholine rings is 1. The Hall–Kier alpha value is -0.610. The molecule has 1 atom stereocenters. The lowest BCUT2D eigenvalue weighted by atomic mass is 10.3. The number of hydrogen-bond donors (Lipinski definition) is 2. The summed E-state index contributed by atoms with van der Waals surface area (Å²) in [5.74, 6) is -0.838. The van der Waals surface area contributed by atoms with Crippen molar-refractivity contribution in [2.75, 3.05) is 19.8 Å². The number of aliphatic carboxylic acids is 1. The van der Waals surface area contributed by atoms with E-state index in [0.717, 1.165) is 0 Å². The van der Waals surface area contributed by atoms with Crippen LogP contribution >= 0.6 is 0 Å². The van der Waals surface area contributed by atoms with Crippen LogP contribution in [0.3, 0.4) is 0 Å². The second-order valence-corrected chi connectivity index (χ2v) is 1.92. The molecule has 0 bridgehead atoms. The molecule has 66 valence electrons. The lowest BCUT2D eigenvalue weighted by molar-refractivity contribution is -0.142. The number of carboxylic acids is 1. The van der Waals surface area contributed by atoms with E-state index in [0.29, 0.717) is 13.2 Å². The molecule has 0 radical (unpaired) electrons. The van der Waals surface area contributed by atoms with Gasteiger partial charge in [-0.15, -0.1) is 0 Å². The Kier molecular flexibility index (Phi) is 5.78. The minimum absolute atomic E-state index is 0.287. The Morgan fingerprint density at radius 2 is 2.27 bits per heavy atom. The summed E-state index contributed by atoms with van der Waals surface area (Å²) in [4.78, 5) is 10.2. The summed E-state index contributed by atoms with van der Waals surface area (Å²) in [6.45, 7) is 5.54. The highest BCUT2D eigenvalue weighted by Gasteiger charge is 2.19. The fraction of sp³-hybridized carbons (Fsp3) is 0.857. The smallest absolute Gasteiger partial charge is 0.323 e. The van der Waals surface area contributed by atoms with Gasteiger partial charge in [-0.1, -0.05) is 13.8 Å². The normalized spacial score (nSPS) is 23.3. The maximum absolute atomic E-state index is 10.2. The Balaban J connectivity index is 0.000000461. The van der Waals surface area contributed by atoms with Gasteiger partial charge in [0.2, 0.25) is 0 Å². The fourth-order valence-corrected chi connectivity index (χ4v) is 0.724. The Morgan fingerprint density at radius 1 is 1.64 bits per heavy atom. The second kappa shape index (κ2) is 6.12. The largest absolute Gasteiger partial charge is 0.480 e. The van der Waals surface area contributed by atoms with E-state index in [-0.39, 0.29) is 6.61 Å². The number of ether oxygens (including phenoxy) is 1. The van der Waals surface area contributed by atoms with Gasteiger partial charge in [-0.25, -0.2) is 0 Å². The molecule has 1 aliphatic heterocycles. The minimum Gasteiger partial charge on any atom is -0.480 e. The summed E-state index contributed by atoms with van der Waals surface area (Å²) in [5.41, 5.74) is 0. The molecule has 0 amide bonds. The van der Waals surface area contributed by atoms with Crippen molar-refractivity contribution >= 4 is 5.97 Å². The SMILES string of the molecule is CC.O=C(O)C1COCCN1. The highest BCUT2D eigenvalue weighted by molar-refractivity contribution is 5.73. The third-order valence-corrected chi connectivity index (χ3v) is 1.22. The molecule has 1 rings (SSSR count). The van der Waals surface area contributed by atoms with Crippen LogP contribution in [0.15, 0.2) is 0 Å². The molecule has 1 aliphatic rings. The Morgan fingerprint density at radius 3 is 2.55 bits per heavy atom. The monoisotopic (exact) mass is 161 g/mol. The number of carboxylic acid groups (broad SMARTS) is 1. The highest BCUT2D eigenvalue weighted by atomic mass is 16.5. The van der Waals surface area contributed by atoms with Crippen LogP contribution in [-0.4, -0.2) is 36.9 Å². The number of rotatable bonds is 1. The molecule has 1 heterocycles. The van der Waals surface area contributed by atoms with Crippen LogP contribution in [0.4, 0.5) is 0 Å². The van der Waals surface area contributed by atoms with Crippen LogP contribution in [0.5, 0.6) is 0 Å². The van der Waals surface area contributed by atoms with Gasteiger partial charge in [0.1, 0.15) is 6.04 Å². The summed E-state index contributed by atoms with van der Waals surface area (Å²) >= 11 is 0. The Labute approximate surface area is 66.5 Å². The van der Waals surface area contributed by atoms with Gasteiger partial charge in [0.15, 0.2) is 0 Å². The van der Waals surface area contributed by atoms with E-state index < -0.39 is 12.0 Å². The zero-order valence-corrected chi connectivity index (χ0v) is 6.96. The van der Waals surface area contributed by atoms with Crippen molar-refractivity contribution in [2.45, 2.75) is 19.9 Å². The van der Waals surface area contributed by atoms with E-state index in [1.807, 2.05) is 13.8 Å². The molecule has 0 aromatic rings. The predicted octanol–water partition coefficient (Wildman–Crippen LogP) is 0.0856. The van der Waals surface area contributed by atoms with E-state index in [9.17, 15) is 4.79 Å². The Bertz CT molecular complexity index is 110. The van der Waals surface area contributed by atoms with Gasteiger partial charge in [-0.05, 0) is 0 Å². The molecular weight excluding hydrogens is 146 g/mol. The third kappa shape index (κ3) is 3.95. The van der Waals surface area contributed by atoms with Crippen molar-refractivity contribution in [1.82, 2.24) is 5.32 Å². The molecule has 4 heteroatoms. The van der Waals surface area contributed by atoms with Gasteiger partial charge in [0.25, 0.3) is 0 Å². The minimum atomic E-state index is -0.838. The molecule has 0 saturated carbocycles. The zero-order valence-electron chi connectivity index (χ0n) is 6.96. The molecule has 0 aliphatic carbocycles. The molecule has 4 nitrogen and oxygen atoms in total. The van der Waals surface area contributed by atoms with Crippen molar-refractivity contribution < 1.29 is 14.6 Å². The maximum atomic E-state index is 10.2. The lowest BCUT2D eigenvalue weighted by Gasteiger charge is -2.19. The number of hydrogen-bond acceptors (Lipinski definition) is 3. The maximum Gasteiger partial charge on any atom is 0.323 e. The zero-order chi connectivity index (χ0) is 8.69. The first-order valence-corrected chi connectivity index (χ1v) is 3.84. The van der Waals surface area contributed by atoms with Crippen molar-refractivity contribution in [3.8, 4) is 0 Å². The first-order chi connectivity index (χ1) is 5.30. The fourth-order valence-electron chi connectivity index (χ4n) is 0.724. The second-order valence-electron chi connectivity index (χ2n) is 1.92. The standard InChI is InChI=1S/C5H9NO3.C2H6/c7-5(8)4-3-9-2-1-6-4;1-2/h4,6H,1-3H2,(H,7,8);1-2H3.